The van der Waals surface area contributed by atoms with Crippen LogP contribution in [-0.4, -0.2) is 24.9 Å². The van der Waals surface area contributed by atoms with Crippen LogP contribution in [-0.2, 0) is 19.0 Å². The van der Waals surface area contributed by atoms with Crippen molar-refractivity contribution in [3.63, 3.8) is 0 Å². The van der Waals surface area contributed by atoms with E-state index in [1.807, 2.05) is 0 Å². The number of benzene rings is 1. The van der Waals surface area contributed by atoms with Crippen LogP contribution in [0.2, 0.25) is 5.02 Å². The monoisotopic (exact) mass is 375 g/mol. The largest absolute Gasteiger partial charge is 0.451 e. The summed E-state index contributed by atoms with van der Waals surface area (Å²) in [5, 5.41) is 11.1. The highest BCUT2D eigenvalue weighted by atomic mass is 35.5. The van der Waals surface area contributed by atoms with Crippen molar-refractivity contribution in [2.75, 3.05) is 0 Å². The standard InChI is InChI=1S/C13H9ClF3N5OS/c1-22-11(13(15,16)17)19-20-12(22)24-6-9-18-10(21-23-9)7-4-2-3-5-8(7)14/h2-5H,6H2,1H3. The molecule has 2 aromatic heterocycles. The third-order valence-corrected chi connectivity index (χ3v) is 4.33. The Kier molecular flexibility index (Phi) is 4.50. The molecule has 3 rings (SSSR count). The van der Waals surface area contributed by atoms with Gasteiger partial charge in [0, 0.05) is 12.6 Å². The van der Waals surface area contributed by atoms with Crippen LogP contribution in [0.25, 0.3) is 11.4 Å². The van der Waals surface area contributed by atoms with Crippen molar-refractivity contribution >= 4 is 23.4 Å². The fourth-order valence-corrected chi connectivity index (χ4v) is 2.85. The van der Waals surface area contributed by atoms with Gasteiger partial charge in [0.25, 0.3) is 0 Å². The molecule has 6 nitrogen and oxygen atoms in total. The van der Waals surface area contributed by atoms with E-state index in [1.165, 1.54) is 7.05 Å². The van der Waals surface area contributed by atoms with Crippen LogP contribution in [0.1, 0.15) is 11.7 Å². The molecule has 0 saturated heterocycles. The molecule has 2 heterocycles. The highest BCUT2D eigenvalue weighted by Crippen LogP contribution is 2.31. The third kappa shape index (κ3) is 3.39. The zero-order chi connectivity index (χ0) is 17.3. The van der Waals surface area contributed by atoms with Gasteiger partial charge in [0.1, 0.15) is 0 Å². The summed E-state index contributed by atoms with van der Waals surface area (Å²) in [6.45, 7) is 0. The van der Waals surface area contributed by atoms with E-state index in [9.17, 15) is 13.2 Å². The SMILES string of the molecule is Cn1c(SCc2nc(-c3ccccc3Cl)no2)nnc1C(F)(F)F. The van der Waals surface area contributed by atoms with Crippen LogP contribution >= 0.6 is 23.4 Å². The van der Waals surface area contributed by atoms with Crippen LogP contribution in [0.5, 0.6) is 0 Å². The molecule has 0 atom stereocenters. The van der Waals surface area contributed by atoms with Gasteiger partial charge in [-0.3, -0.25) is 0 Å². The predicted octanol–water partition coefficient (Wildman–Crippen LogP) is 3.83. The van der Waals surface area contributed by atoms with E-state index in [-0.39, 0.29) is 16.8 Å². The zero-order valence-electron chi connectivity index (χ0n) is 12.1. The number of thioether (sulfide) groups is 1. The Balaban J connectivity index is 1.73. The predicted molar refractivity (Wildman–Crippen MR) is 80.3 cm³/mol. The summed E-state index contributed by atoms with van der Waals surface area (Å²) in [6, 6.07) is 6.99. The minimum atomic E-state index is -4.55. The molecule has 0 fully saturated rings. The summed E-state index contributed by atoms with van der Waals surface area (Å²) in [7, 11) is 1.24. The number of hydrogen-bond acceptors (Lipinski definition) is 6. The lowest BCUT2D eigenvalue weighted by Gasteiger charge is -2.05. The summed E-state index contributed by atoms with van der Waals surface area (Å²) < 4.78 is 44.0. The van der Waals surface area contributed by atoms with Crippen molar-refractivity contribution in [2.24, 2.45) is 7.05 Å². The minimum absolute atomic E-state index is 0.0971. The Morgan fingerprint density at radius 2 is 2.00 bits per heavy atom. The molecule has 3 aromatic rings. The van der Waals surface area contributed by atoms with Gasteiger partial charge in [-0.05, 0) is 12.1 Å². The van der Waals surface area contributed by atoms with Gasteiger partial charge in [-0.25, -0.2) is 0 Å². The average Bonchev–Trinajstić information content (AvgIpc) is 3.12. The summed E-state index contributed by atoms with van der Waals surface area (Å²) in [5.41, 5.74) is 0.609. The molecule has 0 aliphatic rings. The van der Waals surface area contributed by atoms with E-state index < -0.39 is 12.0 Å². The molecule has 0 aliphatic heterocycles. The second-order valence-electron chi connectivity index (χ2n) is 4.64. The molecule has 24 heavy (non-hydrogen) atoms. The Morgan fingerprint density at radius 1 is 1.25 bits per heavy atom. The van der Waals surface area contributed by atoms with E-state index >= 15 is 0 Å². The molecule has 126 valence electrons. The number of nitrogens with zero attached hydrogens (tertiary/aromatic N) is 5. The summed E-state index contributed by atoms with van der Waals surface area (Å²) >= 11 is 7.06. The summed E-state index contributed by atoms with van der Waals surface area (Å²) in [5.74, 6) is -0.356. The molecule has 0 spiro atoms. The first-order chi connectivity index (χ1) is 11.4. The van der Waals surface area contributed by atoms with Gasteiger partial charge in [0.15, 0.2) is 5.16 Å². The maximum absolute atomic E-state index is 12.7. The number of aromatic nitrogens is 5. The van der Waals surface area contributed by atoms with E-state index in [0.29, 0.717) is 16.4 Å². The number of hydrogen-bond donors (Lipinski definition) is 0. The molecule has 0 amide bonds. The first-order valence-electron chi connectivity index (χ1n) is 6.53. The molecular weight excluding hydrogens is 367 g/mol. The van der Waals surface area contributed by atoms with Crippen molar-refractivity contribution in [3.05, 3.63) is 41.0 Å². The van der Waals surface area contributed by atoms with Gasteiger partial charge in [0.2, 0.25) is 17.5 Å². The maximum atomic E-state index is 12.7. The molecule has 0 saturated carbocycles. The highest BCUT2D eigenvalue weighted by Gasteiger charge is 2.37. The normalized spacial score (nSPS) is 11.9. The van der Waals surface area contributed by atoms with Crippen LogP contribution in [0.15, 0.2) is 33.9 Å². The Hall–Kier alpha value is -2.07. The van der Waals surface area contributed by atoms with Crippen molar-refractivity contribution in [1.82, 2.24) is 24.9 Å². The molecule has 11 heteroatoms. The Bertz CT molecular complexity index is 863. The fourth-order valence-electron chi connectivity index (χ4n) is 1.88. The van der Waals surface area contributed by atoms with Crippen molar-refractivity contribution < 1.29 is 17.7 Å². The first-order valence-corrected chi connectivity index (χ1v) is 7.89. The van der Waals surface area contributed by atoms with E-state index in [1.54, 1.807) is 24.3 Å². The van der Waals surface area contributed by atoms with Crippen LogP contribution in [0.4, 0.5) is 13.2 Å². The van der Waals surface area contributed by atoms with Gasteiger partial charge < -0.3 is 9.09 Å². The lowest BCUT2D eigenvalue weighted by atomic mass is 10.2. The molecule has 0 unspecified atom stereocenters. The molecule has 0 radical (unpaired) electrons. The maximum Gasteiger partial charge on any atom is 0.451 e. The zero-order valence-corrected chi connectivity index (χ0v) is 13.7. The third-order valence-electron chi connectivity index (χ3n) is 3.00. The molecule has 0 aliphatic carbocycles. The second-order valence-corrected chi connectivity index (χ2v) is 5.99. The Morgan fingerprint density at radius 3 is 2.67 bits per heavy atom. The lowest BCUT2D eigenvalue weighted by Crippen LogP contribution is -2.12. The quantitative estimate of drug-likeness (QED) is 0.645. The first kappa shape index (κ1) is 16.8. The molecule has 0 bridgehead atoms. The number of rotatable bonds is 4. The van der Waals surface area contributed by atoms with Crippen LogP contribution in [0, 0.1) is 0 Å². The van der Waals surface area contributed by atoms with Gasteiger partial charge in [-0.15, -0.1) is 10.2 Å². The summed E-state index contributed by atoms with van der Waals surface area (Å²) in [4.78, 5) is 4.18. The van der Waals surface area contributed by atoms with Crippen molar-refractivity contribution in [1.29, 1.82) is 0 Å². The van der Waals surface area contributed by atoms with Gasteiger partial charge in [-0.1, -0.05) is 40.7 Å². The van der Waals surface area contributed by atoms with Gasteiger partial charge >= 0.3 is 6.18 Å². The van der Waals surface area contributed by atoms with Crippen molar-refractivity contribution in [3.8, 4) is 11.4 Å². The highest BCUT2D eigenvalue weighted by molar-refractivity contribution is 7.98. The molecule has 1 aromatic carbocycles. The van der Waals surface area contributed by atoms with Gasteiger partial charge in [0.05, 0.1) is 10.8 Å². The van der Waals surface area contributed by atoms with Crippen LogP contribution in [0.3, 0.4) is 0 Å². The molecular formula is C13H9ClF3N5OS. The fraction of sp³-hybridized carbons (Fsp3) is 0.231. The van der Waals surface area contributed by atoms with E-state index in [4.69, 9.17) is 16.1 Å². The second kappa shape index (κ2) is 6.44. The topological polar surface area (TPSA) is 69.6 Å². The van der Waals surface area contributed by atoms with E-state index in [0.717, 1.165) is 16.3 Å². The average molecular weight is 376 g/mol. The van der Waals surface area contributed by atoms with Crippen LogP contribution < -0.4 is 0 Å². The Labute approximate surface area is 143 Å². The number of alkyl halides is 3. The molecule has 0 N–H and O–H groups in total. The smallest absolute Gasteiger partial charge is 0.338 e. The van der Waals surface area contributed by atoms with Crippen molar-refractivity contribution in [2.45, 2.75) is 17.1 Å². The lowest BCUT2D eigenvalue weighted by molar-refractivity contribution is -0.147. The van der Waals surface area contributed by atoms with E-state index in [2.05, 4.69) is 20.3 Å². The summed E-state index contributed by atoms with van der Waals surface area (Å²) in [6.07, 6.45) is -4.55. The van der Waals surface area contributed by atoms with Gasteiger partial charge in [-0.2, -0.15) is 18.2 Å². The number of halogens is 4. The minimum Gasteiger partial charge on any atom is -0.338 e.